The molecule has 0 heterocycles. The van der Waals surface area contributed by atoms with E-state index in [0.717, 1.165) is 25.7 Å². The van der Waals surface area contributed by atoms with Crippen LogP contribution in [0.4, 0.5) is 0 Å². The van der Waals surface area contributed by atoms with E-state index in [9.17, 15) is 9.59 Å². The number of carboxylic acid groups (broad SMARTS) is 1. The molecule has 1 fully saturated rings. The zero-order valence-electron chi connectivity index (χ0n) is 10.2. The summed E-state index contributed by atoms with van der Waals surface area (Å²) in [4.78, 5) is 22.9. The highest BCUT2D eigenvalue weighted by Gasteiger charge is 2.35. The van der Waals surface area contributed by atoms with Gasteiger partial charge in [-0.15, -0.1) is 0 Å². The molecule has 1 aliphatic rings. The van der Waals surface area contributed by atoms with Gasteiger partial charge in [0.1, 0.15) is 0 Å². The van der Waals surface area contributed by atoms with Gasteiger partial charge < -0.3 is 16.2 Å². The minimum Gasteiger partial charge on any atom is -0.481 e. The van der Waals surface area contributed by atoms with Gasteiger partial charge in [0, 0.05) is 6.54 Å². The molecule has 1 aliphatic carbocycles. The van der Waals surface area contributed by atoms with Gasteiger partial charge in [0.2, 0.25) is 5.91 Å². The summed E-state index contributed by atoms with van der Waals surface area (Å²) in [6, 6.07) is 0. The molecule has 4 N–H and O–H groups in total. The van der Waals surface area contributed by atoms with Crippen LogP contribution in [-0.2, 0) is 9.59 Å². The number of aliphatic carboxylic acids is 1. The highest BCUT2D eigenvalue weighted by molar-refractivity contribution is 5.84. The molecule has 0 bridgehead atoms. The van der Waals surface area contributed by atoms with Gasteiger partial charge in [0.25, 0.3) is 0 Å². The second-order valence-corrected chi connectivity index (χ2v) is 4.62. The van der Waals surface area contributed by atoms with Crippen LogP contribution in [0.15, 0.2) is 0 Å². The third-order valence-corrected chi connectivity index (χ3v) is 3.35. The lowest BCUT2D eigenvalue weighted by Crippen LogP contribution is -2.40. The molecule has 5 heteroatoms. The average Bonchev–Trinajstić information content (AvgIpc) is 2.34. The first-order valence-electron chi connectivity index (χ1n) is 6.37. The van der Waals surface area contributed by atoms with Crippen molar-refractivity contribution in [2.45, 2.75) is 38.5 Å². The van der Waals surface area contributed by atoms with Crippen LogP contribution < -0.4 is 11.1 Å². The van der Waals surface area contributed by atoms with E-state index < -0.39 is 11.9 Å². The number of carbonyl (C=O) groups is 2. The molecule has 0 aromatic carbocycles. The van der Waals surface area contributed by atoms with Crippen molar-refractivity contribution in [2.75, 3.05) is 13.1 Å². The highest BCUT2D eigenvalue weighted by Crippen LogP contribution is 2.30. The molecule has 0 saturated heterocycles. The molecule has 2 unspecified atom stereocenters. The van der Waals surface area contributed by atoms with Gasteiger partial charge in [-0.3, -0.25) is 9.59 Å². The van der Waals surface area contributed by atoms with E-state index in [0.29, 0.717) is 25.9 Å². The van der Waals surface area contributed by atoms with Gasteiger partial charge in [-0.2, -0.15) is 0 Å². The van der Waals surface area contributed by atoms with Crippen molar-refractivity contribution >= 4 is 11.9 Å². The molecule has 5 nitrogen and oxygen atoms in total. The zero-order valence-corrected chi connectivity index (χ0v) is 10.2. The summed E-state index contributed by atoms with van der Waals surface area (Å²) in [5, 5.41) is 11.9. The van der Waals surface area contributed by atoms with Crippen LogP contribution in [0.1, 0.15) is 38.5 Å². The molecule has 98 valence electrons. The Morgan fingerprint density at radius 3 is 2.41 bits per heavy atom. The normalized spacial score (nSPS) is 24.3. The molecule has 0 aromatic rings. The maximum Gasteiger partial charge on any atom is 0.307 e. The molecule has 0 radical (unpaired) electrons. The van der Waals surface area contributed by atoms with Gasteiger partial charge in [0.15, 0.2) is 0 Å². The van der Waals surface area contributed by atoms with Crippen molar-refractivity contribution in [3.63, 3.8) is 0 Å². The summed E-state index contributed by atoms with van der Waals surface area (Å²) < 4.78 is 0. The summed E-state index contributed by atoms with van der Waals surface area (Å²) in [5.41, 5.74) is 5.36. The molecule has 0 aliphatic heterocycles. The standard InChI is InChI=1S/C12H22N2O3/c13-7-3-4-8-14-11(15)9-5-1-2-6-10(9)12(16)17/h9-10H,1-8,13H2,(H,14,15)(H,16,17). The van der Waals surface area contributed by atoms with E-state index in [2.05, 4.69) is 5.32 Å². The van der Waals surface area contributed by atoms with Crippen LogP contribution in [0, 0.1) is 11.8 Å². The van der Waals surface area contributed by atoms with E-state index >= 15 is 0 Å². The molecular weight excluding hydrogens is 220 g/mol. The Morgan fingerprint density at radius 2 is 1.82 bits per heavy atom. The summed E-state index contributed by atoms with van der Waals surface area (Å²) >= 11 is 0. The molecule has 17 heavy (non-hydrogen) atoms. The highest BCUT2D eigenvalue weighted by atomic mass is 16.4. The Balaban J connectivity index is 2.39. The van der Waals surface area contributed by atoms with Gasteiger partial charge in [0.05, 0.1) is 11.8 Å². The number of hydrogen-bond acceptors (Lipinski definition) is 3. The largest absolute Gasteiger partial charge is 0.481 e. The minimum atomic E-state index is -0.841. The molecule has 0 spiro atoms. The van der Waals surface area contributed by atoms with Crippen molar-refractivity contribution in [3.8, 4) is 0 Å². The monoisotopic (exact) mass is 242 g/mol. The third kappa shape index (κ3) is 4.34. The van der Waals surface area contributed by atoms with Gasteiger partial charge >= 0.3 is 5.97 Å². The second kappa shape index (κ2) is 7.27. The molecule has 1 rings (SSSR count). The Morgan fingerprint density at radius 1 is 1.18 bits per heavy atom. The Kier molecular flexibility index (Phi) is 5.97. The van der Waals surface area contributed by atoms with Crippen LogP contribution in [0.25, 0.3) is 0 Å². The number of rotatable bonds is 6. The number of carboxylic acids is 1. The maximum atomic E-state index is 11.9. The van der Waals surface area contributed by atoms with Gasteiger partial charge in [-0.05, 0) is 32.2 Å². The molecule has 2 atom stereocenters. The SMILES string of the molecule is NCCCCNC(=O)C1CCCCC1C(=O)O. The Bertz CT molecular complexity index is 268. The van der Waals surface area contributed by atoms with Crippen LogP contribution >= 0.6 is 0 Å². The van der Waals surface area contributed by atoms with Gasteiger partial charge in [-0.1, -0.05) is 12.8 Å². The quantitative estimate of drug-likeness (QED) is 0.599. The predicted molar refractivity (Wildman–Crippen MR) is 64.4 cm³/mol. The van der Waals surface area contributed by atoms with Crippen molar-refractivity contribution in [2.24, 2.45) is 17.6 Å². The number of nitrogens with two attached hydrogens (primary N) is 1. The first-order chi connectivity index (χ1) is 8.16. The van der Waals surface area contributed by atoms with E-state index in [4.69, 9.17) is 10.8 Å². The van der Waals surface area contributed by atoms with E-state index in [-0.39, 0.29) is 11.8 Å². The van der Waals surface area contributed by atoms with Crippen LogP contribution in [0.3, 0.4) is 0 Å². The van der Waals surface area contributed by atoms with Crippen molar-refractivity contribution in [1.29, 1.82) is 0 Å². The number of unbranched alkanes of at least 4 members (excludes halogenated alkanes) is 1. The summed E-state index contributed by atoms with van der Waals surface area (Å²) in [6.07, 6.45) is 4.91. The Hall–Kier alpha value is -1.10. The zero-order chi connectivity index (χ0) is 12.7. The number of amides is 1. The third-order valence-electron chi connectivity index (χ3n) is 3.35. The lowest BCUT2D eigenvalue weighted by Gasteiger charge is -2.27. The number of carbonyl (C=O) groups excluding carboxylic acids is 1. The maximum absolute atomic E-state index is 11.9. The van der Waals surface area contributed by atoms with Gasteiger partial charge in [-0.25, -0.2) is 0 Å². The van der Waals surface area contributed by atoms with Crippen LogP contribution in [0.5, 0.6) is 0 Å². The van der Waals surface area contributed by atoms with E-state index in [1.54, 1.807) is 0 Å². The summed E-state index contributed by atoms with van der Waals surface area (Å²) in [7, 11) is 0. The smallest absolute Gasteiger partial charge is 0.307 e. The predicted octanol–water partition coefficient (Wildman–Crippen LogP) is 0.732. The van der Waals surface area contributed by atoms with Crippen LogP contribution in [-0.4, -0.2) is 30.1 Å². The van der Waals surface area contributed by atoms with Crippen molar-refractivity contribution in [1.82, 2.24) is 5.32 Å². The summed E-state index contributed by atoms with van der Waals surface area (Å²) in [5.74, 6) is -1.79. The van der Waals surface area contributed by atoms with Crippen LogP contribution in [0.2, 0.25) is 0 Å². The second-order valence-electron chi connectivity index (χ2n) is 4.62. The lowest BCUT2D eigenvalue weighted by atomic mass is 9.78. The number of nitrogens with one attached hydrogen (secondary N) is 1. The topological polar surface area (TPSA) is 92.4 Å². The fourth-order valence-corrected chi connectivity index (χ4v) is 2.35. The Labute approximate surface area is 102 Å². The summed E-state index contributed by atoms with van der Waals surface area (Å²) in [6.45, 7) is 1.22. The first kappa shape index (κ1) is 14.0. The fraction of sp³-hybridized carbons (Fsp3) is 0.833. The minimum absolute atomic E-state index is 0.103. The molecule has 0 aromatic heterocycles. The molecular formula is C12H22N2O3. The molecule has 1 amide bonds. The fourth-order valence-electron chi connectivity index (χ4n) is 2.35. The number of hydrogen-bond donors (Lipinski definition) is 3. The first-order valence-corrected chi connectivity index (χ1v) is 6.37. The average molecular weight is 242 g/mol. The van der Waals surface area contributed by atoms with Crippen molar-refractivity contribution in [3.05, 3.63) is 0 Å². The lowest BCUT2D eigenvalue weighted by molar-refractivity contribution is -0.148. The van der Waals surface area contributed by atoms with Crippen molar-refractivity contribution < 1.29 is 14.7 Å². The van der Waals surface area contributed by atoms with E-state index in [1.807, 2.05) is 0 Å². The van der Waals surface area contributed by atoms with E-state index in [1.165, 1.54) is 0 Å². The molecule has 1 saturated carbocycles.